The summed E-state index contributed by atoms with van der Waals surface area (Å²) >= 11 is 0. The molecule has 44 heavy (non-hydrogen) atoms. The van der Waals surface area contributed by atoms with E-state index in [9.17, 15) is 19.5 Å². The van der Waals surface area contributed by atoms with Crippen molar-refractivity contribution in [3.63, 3.8) is 0 Å². The Morgan fingerprint density at radius 2 is 1.68 bits per heavy atom. The Balaban J connectivity index is 1.55. The zero-order valence-electron chi connectivity index (χ0n) is 25.7. The molecular weight excluding hydrogens is 561 g/mol. The summed E-state index contributed by atoms with van der Waals surface area (Å²) in [5, 5.41) is 17.4. The molecule has 2 aromatic carbocycles. The number of benzene rings is 2. The van der Waals surface area contributed by atoms with Crippen LogP contribution in [-0.2, 0) is 22.7 Å². The number of aromatic nitrogens is 4. The van der Waals surface area contributed by atoms with Gasteiger partial charge < -0.3 is 15.0 Å². The molecule has 0 fully saturated rings. The maximum absolute atomic E-state index is 15.3. The van der Waals surface area contributed by atoms with Crippen LogP contribution < -0.4 is 16.4 Å². The fraction of sp³-hybridized carbons (Fsp3) is 0.265. The van der Waals surface area contributed by atoms with E-state index in [0.717, 1.165) is 11.1 Å². The van der Waals surface area contributed by atoms with Crippen molar-refractivity contribution in [2.75, 3.05) is 5.32 Å². The van der Waals surface area contributed by atoms with Crippen LogP contribution in [-0.4, -0.2) is 30.4 Å². The second-order valence-corrected chi connectivity index (χ2v) is 12.5. The van der Waals surface area contributed by atoms with Gasteiger partial charge in [0.1, 0.15) is 17.3 Å². The third-order valence-corrected chi connectivity index (χ3v) is 8.02. The predicted octanol–water partition coefficient (Wildman–Crippen LogP) is 6.00. The summed E-state index contributed by atoms with van der Waals surface area (Å²) in [6.07, 6.45) is 4.67. The van der Waals surface area contributed by atoms with Gasteiger partial charge in [-0.25, -0.2) is 9.37 Å². The highest BCUT2D eigenvalue weighted by atomic mass is 19.1. The van der Waals surface area contributed by atoms with E-state index in [2.05, 4.69) is 15.4 Å². The number of halogens is 1. The first-order valence-corrected chi connectivity index (χ1v) is 14.1. The average Bonchev–Trinajstić information content (AvgIpc) is 2.95. The van der Waals surface area contributed by atoms with E-state index in [1.807, 2.05) is 33.8 Å². The number of aliphatic carboxylic acids is 1. The van der Waals surface area contributed by atoms with Crippen molar-refractivity contribution in [3.05, 3.63) is 110 Å². The summed E-state index contributed by atoms with van der Waals surface area (Å²) in [5.74, 6) is -1.19. The maximum atomic E-state index is 15.3. The molecule has 0 atom stereocenters. The Kier molecular flexibility index (Phi) is 7.49. The van der Waals surface area contributed by atoms with Gasteiger partial charge in [0, 0.05) is 30.4 Å². The van der Waals surface area contributed by atoms with Crippen LogP contribution in [0, 0.1) is 12.7 Å². The minimum atomic E-state index is -1.12. The van der Waals surface area contributed by atoms with Crippen molar-refractivity contribution in [3.8, 4) is 16.8 Å². The quantitative estimate of drug-likeness (QED) is 0.247. The van der Waals surface area contributed by atoms with Crippen LogP contribution in [0.3, 0.4) is 0 Å². The molecule has 0 aliphatic rings. The van der Waals surface area contributed by atoms with Crippen LogP contribution in [0.1, 0.15) is 51.3 Å². The predicted molar refractivity (Wildman–Crippen MR) is 170 cm³/mol. The van der Waals surface area contributed by atoms with E-state index < -0.39 is 22.8 Å². The maximum Gasteiger partial charge on any atom is 0.313 e. The van der Waals surface area contributed by atoms with Crippen molar-refractivity contribution in [1.82, 2.24) is 19.3 Å². The monoisotopic (exact) mass is 595 g/mol. The molecule has 5 rings (SSSR count). The standard InChI is InChI=1S/C34H34FN5O4/c1-19-24(9-8-10-27(19)40-31(42)29-20(16-37-40)13-23(15-25(29)35)33(2,3)4)21-14-26(30(41)39(7)18-21)38-28-12-11-22(17-36-28)34(5,6)32(43)44/h8-18H,1-7H3,(H,36,38)(H,43,44). The zero-order valence-corrected chi connectivity index (χ0v) is 25.7. The smallest absolute Gasteiger partial charge is 0.313 e. The van der Waals surface area contributed by atoms with Gasteiger partial charge in [0.2, 0.25) is 0 Å². The summed E-state index contributed by atoms with van der Waals surface area (Å²) in [4.78, 5) is 42.5. The second-order valence-electron chi connectivity index (χ2n) is 12.5. The second kappa shape index (κ2) is 10.9. The summed E-state index contributed by atoms with van der Waals surface area (Å²) < 4.78 is 17.9. The number of nitrogens with one attached hydrogen (secondary N) is 1. The highest BCUT2D eigenvalue weighted by molar-refractivity contribution is 5.83. The molecule has 0 radical (unpaired) electrons. The number of carboxylic acids is 1. The van der Waals surface area contributed by atoms with Crippen LogP contribution in [0.5, 0.6) is 0 Å². The number of carbonyl (C=O) groups is 1. The minimum Gasteiger partial charge on any atom is -0.481 e. The summed E-state index contributed by atoms with van der Waals surface area (Å²) in [7, 11) is 1.63. The largest absolute Gasteiger partial charge is 0.481 e. The van der Waals surface area contributed by atoms with Crippen molar-refractivity contribution >= 4 is 28.2 Å². The Labute approximate surface area is 253 Å². The number of hydrogen-bond acceptors (Lipinski definition) is 6. The van der Waals surface area contributed by atoms with Crippen molar-refractivity contribution < 1.29 is 14.3 Å². The van der Waals surface area contributed by atoms with E-state index in [1.54, 1.807) is 63.5 Å². The number of aryl methyl sites for hydroxylation is 1. The molecule has 0 aliphatic carbocycles. The highest BCUT2D eigenvalue weighted by Gasteiger charge is 2.29. The number of anilines is 2. The Morgan fingerprint density at radius 1 is 0.955 bits per heavy atom. The van der Waals surface area contributed by atoms with E-state index in [1.165, 1.54) is 27.7 Å². The molecule has 0 saturated heterocycles. The van der Waals surface area contributed by atoms with Gasteiger partial charge in [0.15, 0.2) is 0 Å². The Bertz CT molecular complexity index is 2050. The van der Waals surface area contributed by atoms with Crippen LogP contribution >= 0.6 is 0 Å². The van der Waals surface area contributed by atoms with Crippen LogP contribution in [0.25, 0.3) is 27.6 Å². The van der Waals surface area contributed by atoms with Gasteiger partial charge in [-0.2, -0.15) is 9.78 Å². The lowest BCUT2D eigenvalue weighted by Crippen LogP contribution is -2.28. The van der Waals surface area contributed by atoms with E-state index in [-0.39, 0.29) is 22.0 Å². The molecule has 9 nitrogen and oxygen atoms in total. The van der Waals surface area contributed by atoms with Crippen molar-refractivity contribution in [2.24, 2.45) is 7.05 Å². The zero-order chi connectivity index (χ0) is 32.1. The molecule has 0 bridgehead atoms. The number of hydrogen-bond donors (Lipinski definition) is 2. The number of fused-ring (bicyclic) bond motifs is 1. The number of rotatable bonds is 6. The summed E-state index contributed by atoms with van der Waals surface area (Å²) in [6, 6.07) is 13.6. The van der Waals surface area contributed by atoms with Gasteiger partial charge in [-0.05, 0) is 78.8 Å². The fourth-order valence-electron chi connectivity index (χ4n) is 5.05. The van der Waals surface area contributed by atoms with E-state index in [4.69, 9.17) is 0 Å². The van der Waals surface area contributed by atoms with Gasteiger partial charge >= 0.3 is 5.97 Å². The van der Waals surface area contributed by atoms with Crippen molar-refractivity contribution in [1.29, 1.82) is 0 Å². The van der Waals surface area contributed by atoms with Gasteiger partial charge in [-0.3, -0.25) is 14.4 Å². The molecule has 0 unspecified atom stereocenters. The highest BCUT2D eigenvalue weighted by Crippen LogP contribution is 2.30. The number of nitrogens with zero attached hydrogens (tertiary/aromatic N) is 4. The number of carboxylic acid groups (broad SMARTS) is 1. The average molecular weight is 596 g/mol. The third kappa shape index (κ3) is 5.39. The molecule has 226 valence electrons. The number of pyridine rings is 2. The van der Waals surface area contributed by atoms with E-state index in [0.29, 0.717) is 33.6 Å². The third-order valence-electron chi connectivity index (χ3n) is 8.02. The Hall–Kier alpha value is -5.12. The molecule has 10 heteroatoms. The molecule has 2 N–H and O–H groups in total. The van der Waals surface area contributed by atoms with Crippen molar-refractivity contribution in [2.45, 2.75) is 52.4 Å². The summed E-state index contributed by atoms with van der Waals surface area (Å²) in [5.41, 5.74) is 1.89. The SMILES string of the molecule is Cc1c(-c2cc(Nc3ccc(C(C)(C)C(=O)O)cn3)c(=O)n(C)c2)cccc1-n1ncc2cc(C(C)(C)C)cc(F)c2c1=O. The van der Waals surface area contributed by atoms with Gasteiger partial charge in [0.05, 0.1) is 22.7 Å². The molecule has 0 saturated carbocycles. The molecular formula is C34H34FN5O4. The first-order valence-electron chi connectivity index (χ1n) is 14.1. The fourth-order valence-corrected chi connectivity index (χ4v) is 5.05. The van der Waals surface area contributed by atoms with Gasteiger partial charge in [0.25, 0.3) is 11.1 Å². The van der Waals surface area contributed by atoms with Gasteiger partial charge in [-0.1, -0.05) is 39.0 Å². The van der Waals surface area contributed by atoms with Crippen LogP contribution in [0.15, 0.2) is 76.7 Å². The lowest BCUT2D eigenvalue weighted by molar-refractivity contribution is -0.142. The molecule has 0 amide bonds. The first-order chi connectivity index (χ1) is 20.6. The molecule has 3 heterocycles. The minimum absolute atomic E-state index is 0.0309. The summed E-state index contributed by atoms with van der Waals surface area (Å²) in [6.45, 7) is 11.0. The van der Waals surface area contributed by atoms with Crippen LogP contribution in [0.2, 0.25) is 0 Å². The topological polar surface area (TPSA) is 119 Å². The molecule has 5 aromatic rings. The molecule has 0 spiro atoms. The molecule has 3 aromatic heterocycles. The normalized spacial score (nSPS) is 12.0. The lowest BCUT2D eigenvalue weighted by Gasteiger charge is -2.20. The van der Waals surface area contributed by atoms with E-state index >= 15 is 4.39 Å². The molecule has 0 aliphatic heterocycles. The van der Waals surface area contributed by atoms with Gasteiger partial charge in [-0.15, -0.1) is 0 Å². The first kappa shape index (κ1) is 30.3. The Morgan fingerprint density at radius 3 is 2.32 bits per heavy atom. The lowest BCUT2D eigenvalue weighted by atomic mass is 9.86. The van der Waals surface area contributed by atoms with Crippen LogP contribution in [0.4, 0.5) is 15.9 Å².